The van der Waals surface area contributed by atoms with Crippen molar-refractivity contribution < 1.29 is 14.3 Å². The first kappa shape index (κ1) is 6.34. The van der Waals surface area contributed by atoms with Crippen LogP contribution in [0.4, 0.5) is 0 Å². The molecule has 0 aromatic carbocycles. The Kier molecular flexibility index (Phi) is 1.18. The van der Waals surface area contributed by atoms with Gasteiger partial charge in [0.15, 0.2) is 5.78 Å². The minimum atomic E-state index is -0.343. The summed E-state index contributed by atoms with van der Waals surface area (Å²) in [6, 6.07) is 0. The predicted molar refractivity (Wildman–Crippen MR) is 36.7 cm³/mol. The average molecular weight is 150 g/mol. The van der Waals surface area contributed by atoms with E-state index in [1.807, 2.05) is 0 Å². The van der Waals surface area contributed by atoms with Gasteiger partial charge in [0, 0.05) is 11.6 Å². The van der Waals surface area contributed by atoms with Gasteiger partial charge in [0.05, 0.1) is 6.42 Å². The van der Waals surface area contributed by atoms with Crippen molar-refractivity contribution in [2.24, 2.45) is 0 Å². The Bertz CT molecular complexity index is 284. The zero-order valence-electron chi connectivity index (χ0n) is 5.74. The smallest absolute Gasteiger partial charge is 0.331 e. The molecule has 2 aliphatic rings. The van der Waals surface area contributed by atoms with Gasteiger partial charge in [-0.1, -0.05) is 6.08 Å². The normalized spacial score (nSPS) is 28.0. The first-order chi connectivity index (χ1) is 5.25. The van der Waals surface area contributed by atoms with Crippen LogP contribution in [-0.4, -0.2) is 17.9 Å². The third-order valence-corrected chi connectivity index (χ3v) is 1.76. The molecule has 0 N–H and O–H groups in total. The van der Waals surface area contributed by atoms with Crippen LogP contribution in [0.3, 0.4) is 0 Å². The molecule has 1 aliphatic heterocycles. The minimum absolute atomic E-state index is 0.0156. The molecule has 1 atom stereocenters. The van der Waals surface area contributed by atoms with Gasteiger partial charge in [-0.3, -0.25) is 4.79 Å². The lowest BCUT2D eigenvalue weighted by atomic mass is 9.99. The van der Waals surface area contributed by atoms with E-state index in [4.69, 9.17) is 4.74 Å². The molecule has 1 heterocycles. The number of carbonyl (C=O) groups excluding carboxylic acids is 2. The van der Waals surface area contributed by atoms with Crippen LogP contribution in [0, 0.1) is 0 Å². The summed E-state index contributed by atoms with van der Waals surface area (Å²) < 4.78 is 4.83. The molecule has 2 rings (SSSR count). The Morgan fingerprint density at radius 1 is 1.36 bits per heavy atom. The summed E-state index contributed by atoms with van der Waals surface area (Å²) in [5.74, 6) is -0.328. The lowest BCUT2D eigenvalue weighted by molar-refractivity contribution is -0.139. The molecule has 1 aliphatic carbocycles. The van der Waals surface area contributed by atoms with Gasteiger partial charge in [0.1, 0.15) is 6.10 Å². The van der Waals surface area contributed by atoms with E-state index >= 15 is 0 Å². The average Bonchev–Trinajstić information content (AvgIpc) is 2.27. The molecular formula is C8H6O3. The second-order valence-corrected chi connectivity index (χ2v) is 2.57. The van der Waals surface area contributed by atoms with Crippen molar-refractivity contribution in [3.63, 3.8) is 0 Å². The molecule has 0 amide bonds. The SMILES string of the molecule is O=C1C=CC2=CC(=O)OC2C1. The van der Waals surface area contributed by atoms with E-state index in [2.05, 4.69) is 0 Å². The Balaban J connectivity index is 2.32. The Morgan fingerprint density at radius 3 is 3.00 bits per heavy atom. The number of esters is 1. The molecule has 0 radical (unpaired) electrons. The van der Waals surface area contributed by atoms with Crippen molar-refractivity contribution in [3.05, 3.63) is 23.8 Å². The van der Waals surface area contributed by atoms with Gasteiger partial charge < -0.3 is 4.74 Å². The number of hydrogen-bond acceptors (Lipinski definition) is 3. The summed E-state index contributed by atoms with van der Waals surface area (Å²) in [7, 11) is 0. The zero-order valence-corrected chi connectivity index (χ0v) is 5.74. The third-order valence-electron chi connectivity index (χ3n) is 1.76. The number of hydrogen-bond donors (Lipinski definition) is 0. The van der Waals surface area contributed by atoms with E-state index in [1.165, 1.54) is 12.2 Å². The number of ketones is 1. The molecule has 0 aromatic heterocycles. The van der Waals surface area contributed by atoms with Crippen molar-refractivity contribution in [1.29, 1.82) is 0 Å². The second-order valence-electron chi connectivity index (χ2n) is 2.57. The topological polar surface area (TPSA) is 43.4 Å². The summed E-state index contributed by atoms with van der Waals surface area (Å²) in [4.78, 5) is 21.5. The van der Waals surface area contributed by atoms with E-state index in [9.17, 15) is 9.59 Å². The number of rotatable bonds is 0. The van der Waals surface area contributed by atoms with Crippen LogP contribution in [0.2, 0.25) is 0 Å². The van der Waals surface area contributed by atoms with Crippen molar-refractivity contribution >= 4 is 11.8 Å². The van der Waals surface area contributed by atoms with Crippen LogP contribution in [0.5, 0.6) is 0 Å². The van der Waals surface area contributed by atoms with Crippen molar-refractivity contribution in [1.82, 2.24) is 0 Å². The molecular weight excluding hydrogens is 144 g/mol. The summed E-state index contributed by atoms with van der Waals surface area (Å²) in [6.07, 6.45) is 4.54. The van der Waals surface area contributed by atoms with Gasteiger partial charge in [-0.2, -0.15) is 0 Å². The van der Waals surface area contributed by atoms with Gasteiger partial charge in [0.25, 0.3) is 0 Å². The van der Waals surface area contributed by atoms with Crippen molar-refractivity contribution in [3.8, 4) is 0 Å². The maximum Gasteiger partial charge on any atom is 0.331 e. The van der Waals surface area contributed by atoms with Gasteiger partial charge in [0.2, 0.25) is 0 Å². The highest BCUT2D eigenvalue weighted by atomic mass is 16.5. The highest BCUT2D eigenvalue weighted by Gasteiger charge is 2.28. The van der Waals surface area contributed by atoms with E-state index in [0.717, 1.165) is 5.57 Å². The van der Waals surface area contributed by atoms with E-state index < -0.39 is 0 Å². The highest BCUT2D eigenvalue weighted by molar-refractivity contribution is 5.96. The summed E-state index contributed by atoms with van der Waals surface area (Å²) in [5.41, 5.74) is 0.814. The largest absolute Gasteiger partial charge is 0.454 e. The molecule has 56 valence electrons. The van der Waals surface area contributed by atoms with Crippen molar-refractivity contribution in [2.75, 3.05) is 0 Å². The number of fused-ring (bicyclic) bond motifs is 1. The fourth-order valence-corrected chi connectivity index (χ4v) is 1.23. The minimum Gasteiger partial charge on any atom is -0.454 e. The molecule has 0 spiro atoms. The second kappa shape index (κ2) is 2.05. The molecule has 0 fully saturated rings. The standard InChI is InChI=1S/C8H6O3/c9-6-2-1-5-3-8(10)11-7(5)4-6/h1-3,7H,4H2. The fraction of sp³-hybridized carbons (Fsp3) is 0.250. The van der Waals surface area contributed by atoms with Gasteiger partial charge in [-0.05, 0) is 6.08 Å². The summed E-state index contributed by atoms with van der Waals surface area (Å²) in [6.45, 7) is 0. The Labute approximate surface area is 63.3 Å². The fourth-order valence-electron chi connectivity index (χ4n) is 1.23. The van der Waals surface area contributed by atoms with Gasteiger partial charge in [-0.15, -0.1) is 0 Å². The van der Waals surface area contributed by atoms with Crippen molar-refractivity contribution in [2.45, 2.75) is 12.5 Å². The maximum absolute atomic E-state index is 10.8. The van der Waals surface area contributed by atoms with E-state index in [1.54, 1.807) is 6.08 Å². The Morgan fingerprint density at radius 2 is 2.18 bits per heavy atom. The number of allylic oxidation sites excluding steroid dienone is 1. The lowest BCUT2D eigenvalue weighted by Crippen LogP contribution is -2.18. The quantitative estimate of drug-likeness (QED) is 0.468. The molecule has 3 nitrogen and oxygen atoms in total. The van der Waals surface area contributed by atoms with Crippen LogP contribution < -0.4 is 0 Å². The molecule has 11 heavy (non-hydrogen) atoms. The van der Waals surface area contributed by atoms with Crippen LogP contribution in [0.25, 0.3) is 0 Å². The van der Waals surface area contributed by atoms with Gasteiger partial charge >= 0.3 is 5.97 Å². The van der Waals surface area contributed by atoms with Gasteiger partial charge in [-0.25, -0.2) is 4.79 Å². The molecule has 1 unspecified atom stereocenters. The molecule has 0 bridgehead atoms. The van der Waals surface area contributed by atoms with E-state index in [0.29, 0.717) is 6.42 Å². The Hall–Kier alpha value is -1.38. The lowest BCUT2D eigenvalue weighted by Gasteiger charge is -2.12. The monoisotopic (exact) mass is 150 g/mol. The first-order valence-electron chi connectivity index (χ1n) is 3.39. The summed E-state index contributed by atoms with van der Waals surface area (Å²) in [5, 5.41) is 0. The number of ether oxygens (including phenoxy) is 1. The first-order valence-corrected chi connectivity index (χ1v) is 3.39. The predicted octanol–water partition coefficient (Wildman–Crippen LogP) is 0.367. The maximum atomic E-state index is 10.8. The molecule has 0 aromatic rings. The van der Waals surface area contributed by atoms with Crippen LogP contribution in [0.1, 0.15) is 6.42 Å². The molecule has 0 saturated heterocycles. The van der Waals surface area contributed by atoms with Crippen LogP contribution in [0.15, 0.2) is 23.8 Å². The van der Waals surface area contributed by atoms with Crippen LogP contribution >= 0.6 is 0 Å². The van der Waals surface area contributed by atoms with Crippen LogP contribution in [-0.2, 0) is 14.3 Å². The highest BCUT2D eigenvalue weighted by Crippen LogP contribution is 2.23. The summed E-state index contributed by atoms with van der Waals surface area (Å²) >= 11 is 0. The molecule has 0 saturated carbocycles. The zero-order chi connectivity index (χ0) is 7.84. The third kappa shape index (κ3) is 0.981. The number of carbonyl (C=O) groups is 2. The molecule has 3 heteroatoms. The van der Waals surface area contributed by atoms with E-state index in [-0.39, 0.29) is 17.9 Å².